The Balaban J connectivity index is 1.62. The van der Waals surface area contributed by atoms with Crippen molar-refractivity contribution in [2.45, 2.75) is 12.5 Å². The summed E-state index contributed by atoms with van der Waals surface area (Å²) in [6.07, 6.45) is 3.12. The van der Waals surface area contributed by atoms with Gasteiger partial charge in [0.15, 0.2) is 11.5 Å². The molecule has 2 aliphatic heterocycles. The predicted octanol–water partition coefficient (Wildman–Crippen LogP) is 4.24. The molecule has 6 rings (SSSR count). The van der Waals surface area contributed by atoms with Gasteiger partial charge < -0.3 is 19.0 Å². The van der Waals surface area contributed by atoms with E-state index in [0.717, 1.165) is 17.9 Å². The first-order valence-electron chi connectivity index (χ1n) is 8.53. The lowest BCUT2D eigenvalue weighted by Gasteiger charge is -2.27. The summed E-state index contributed by atoms with van der Waals surface area (Å²) in [7, 11) is 0. The van der Waals surface area contributed by atoms with Crippen LogP contribution in [-0.4, -0.2) is 16.3 Å². The molecule has 1 atom stereocenters. The average molecular weight is 328 g/mol. The first kappa shape index (κ1) is 13.2. The van der Waals surface area contributed by atoms with Crippen LogP contribution < -0.4 is 9.47 Å². The number of ether oxygens (including phenoxy) is 2. The molecule has 25 heavy (non-hydrogen) atoms. The molecule has 0 saturated heterocycles. The molecule has 0 spiro atoms. The Labute approximate surface area is 144 Å². The van der Waals surface area contributed by atoms with E-state index in [4.69, 9.17) is 9.47 Å². The van der Waals surface area contributed by atoms with Gasteiger partial charge in [-0.2, -0.15) is 0 Å². The van der Waals surface area contributed by atoms with Crippen LogP contribution in [0.25, 0.3) is 10.9 Å². The molecule has 0 radical (unpaired) electrons. The van der Waals surface area contributed by atoms with Crippen molar-refractivity contribution in [2.24, 2.45) is 0 Å². The summed E-state index contributed by atoms with van der Waals surface area (Å²) in [5.41, 5.74) is 6.39. The molecule has 0 aliphatic carbocycles. The Morgan fingerprint density at radius 3 is 2.88 bits per heavy atom. The van der Waals surface area contributed by atoms with Crippen molar-refractivity contribution >= 4 is 10.9 Å². The molecule has 4 nitrogen and oxygen atoms in total. The van der Waals surface area contributed by atoms with Crippen LogP contribution >= 0.6 is 0 Å². The number of hydrogen-bond donors (Lipinski definition) is 1. The molecule has 122 valence electrons. The summed E-state index contributed by atoms with van der Waals surface area (Å²) >= 11 is 0. The van der Waals surface area contributed by atoms with E-state index in [0.29, 0.717) is 6.79 Å². The first-order chi connectivity index (χ1) is 12.4. The van der Waals surface area contributed by atoms with Crippen LogP contribution in [0, 0.1) is 0 Å². The highest BCUT2D eigenvalue weighted by atomic mass is 16.7. The van der Waals surface area contributed by atoms with E-state index in [9.17, 15) is 0 Å². The predicted molar refractivity (Wildman–Crippen MR) is 95.3 cm³/mol. The highest BCUT2D eigenvalue weighted by Gasteiger charge is 2.30. The molecule has 4 aromatic rings. The summed E-state index contributed by atoms with van der Waals surface area (Å²) in [6.45, 7) is 0.301. The van der Waals surface area contributed by atoms with Gasteiger partial charge in [-0.25, -0.2) is 0 Å². The van der Waals surface area contributed by atoms with Crippen molar-refractivity contribution < 1.29 is 9.47 Å². The maximum atomic E-state index is 5.60. The van der Waals surface area contributed by atoms with Crippen LogP contribution in [0.2, 0.25) is 0 Å². The number of fused-ring (bicyclic) bond motifs is 5. The summed E-state index contributed by atoms with van der Waals surface area (Å²) < 4.78 is 13.4. The lowest BCUT2D eigenvalue weighted by Crippen LogP contribution is -2.20. The van der Waals surface area contributed by atoms with E-state index in [2.05, 4.69) is 64.3 Å². The highest BCUT2D eigenvalue weighted by molar-refractivity contribution is 5.85. The number of para-hydroxylation sites is 1. The normalized spacial score (nSPS) is 17.5. The lowest BCUT2D eigenvalue weighted by molar-refractivity contribution is 0.174. The zero-order valence-corrected chi connectivity index (χ0v) is 13.5. The van der Waals surface area contributed by atoms with Crippen LogP contribution in [0.4, 0.5) is 0 Å². The standard InChI is InChI=1S/C21H16N2O2/c1-2-6-17-15(5-1)16-11-14-4-3-9-23(14)21(20(16)22-17)13-7-8-18-19(10-13)25-12-24-18/h1-10,21-22H,11-12H2. The molecule has 0 saturated carbocycles. The maximum absolute atomic E-state index is 5.60. The van der Waals surface area contributed by atoms with Gasteiger partial charge in [-0.1, -0.05) is 24.3 Å². The van der Waals surface area contributed by atoms with E-state index in [1.54, 1.807) is 0 Å². The Morgan fingerprint density at radius 1 is 0.960 bits per heavy atom. The fourth-order valence-corrected chi connectivity index (χ4v) is 4.21. The minimum absolute atomic E-state index is 0.121. The smallest absolute Gasteiger partial charge is 0.231 e. The third kappa shape index (κ3) is 1.76. The number of hydrogen-bond acceptors (Lipinski definition) is 2. The second kappa shape index (κ2) is 4.70. The number of rotatable bonds is 1. The molecular weight excluding hydrogens is 312 g/mol. The van der Waals surface area contributed by atoms with Crippen LogP contribution in [-0.2, 0) is 6.42 Å². The molecule has 4 heteroatoms. The molecule has 1 unspecified atom stereocenters. The molecule has 2 aromatic carbocycles. The van der Waals surface area contributed by atoms with E-state index in [1.807, 2.05) is 6.07 Å². The van der Waals surface area contributed by atoms with Crippen LogP contribution in [0.15, 0.2) is 60.8 Å². The summed E-state index contributed by atoms with van der Waals surface area (Å²) in [4.78, 5) is 3.67. The second-order valence-electron chi connectivity index (χ2n) is 6.66. The summed E-state index contributed by atoms with van der Waals surface area (Å²) in [5, 5.41) is 1.32. The number of aromatic amines is 1. The van der Waals surface area contributed by atoms with Crippen LogP contribution in [0.1, 0.15) is 28.6 Å². The molecule has 2 aromatic heterocycles. The summed E-state index contributed by atoms with van der Waals surface area (Å²) in [5.74, 6) is 1.65. The first-order valence-corrected chi connectivity index (χ1v) is 8.53. The number of benzene rings is 2. The molecular formula is C21H16N2O2. The number of nitrogens with zero attached hydrogens (tertiary/aromatic N) is 1. The van der Waals surface area contributed by atoms with Gasteiger partial charge in [-0.15, -0.1) is 0 Å². The number of H-pyrrole nitrogens is 1. The van der Waals surface area contributed by atoms with Gasteiger partial charge in [0.2, 0.25) is 6.79 Å². The molecule has 1 N–H and O–H groups in total. The van der Waals surface area contributed by atoms with Crippen molar-refractivity contribution in [1.82, 2.24) is 9.55 Å². The van der Waals surface area contributed by atoms with Gasteiger partial charge in [0.05, 0.1) is 6.04 Å². The zero-order chi connectivity index (χ0) is 16.4. The van der Waals surface area contributed by atoms with Gasteiger partial charge >= 0.3 is 0 Å². The van der Waals surface area contributed by atoms with Crippen molar-refractivity contribution in [3.63, 3.8) is 0 Å². The highest BCUT2D eigenvalue weighted by Crippen LogP contribution is 2.42. The summed E-state index contributed by atoms with van der Waals surface area (Å²) in [6, 6.07) is 19.3. The minimum Gasteiger partial charge on any atom is -0.454 e. The van der Waals surface area contributed by atoms with Gasteiger partial charge in [0.1, 0.15) is 0 Å². The Bertz CT molecular complexity index is 1120. The van der Waals surface area contributed by atoms with E-state index in [-0.39, 0.29) is 6.04 Å². The second-order valence-corrected chi connectivity index (χ2v) is 6.66. The number of nitrogens with one attached hydrogen (secondary N) is 1. The number of aromatic nitrogens is 2. The van der Waals surface area contributed by atoms with E-state index < -0.39 is 0 Å². The SMILES string of the molecule is c1ccc2c3c([nH]c2c1)C(c1ccc2c(c1)OCO2)n1cccc1C3. The zero-order valence-electron chi connectivity index (χ0n) is 13.5. The van der Waals surface area contributed by atoms with Crippen LogP contribution in [0.5, 0.6) is 11.5 Å². The molecule has 0 amide bonds. The van der Waals surface area contributed by atoms with Gasteiger partial charge in [0, 0.05) is 34.9 Å². The van der Waals surface area contributed by atoms with Crippen molar-refractivity contribution in [3.8, 4) is 11.5 Å². The van der Waals surface area contributed by atoms with Gasteiger partial charge in [-0.05, 0) is 41.5 Å². The maximum Gasteiger partial charge on any atom is 0.231 e. The third-order valence-electron chi connectivity index (χ3n) is 5.34. The third-order valence-corrected chi connectivity index (χ3v) is 5.34. The Kier molecular flexibility index (Phi) is 2.48. The van der Waals surface area contributed by atoms with Gasteiger partial charge in [0.25, 0.3) is 0 Å². The van der Waals surface area contributed by atoms with Gasteiger partial charge in [-0.3, -0.25) is 0 Å². The van der Waals surface area contributed by atoms with Crippen molar-refractivity contribution in [3.05, 3.63) is 83.3 Å². The monoisotopic (exact) mass is 328 g/mol. The Morgan fingerprint density at radius 2 is 1.88 bits per heavy atom. The van der Waals surface area contributed by atoms with E-state index in [1.165, 1.54) is 33.4 Å². The van der Waals surface area contributed by atoms with Crippen molar-refractivity contribution in [1.29, 1.82) is 0 Å². The average Bonchev–Trinajstić information content (AvgIpc) is 3.36. The fourth-order valence-electron chi connectivity index (χ4n) is 4.21. The molecule has 4 heterocycles. The molecule has 0 bridgehead atoms. The minimum atomic E-state index is 0.121. The molecule has 2 aliphatic rings. The topological polar surface area (TPSA) is 39.2 Å². The fraction of sp³-hybridized carbons (Fsp3) is 0.143. The molecule has 0 fully saturated rings. The van der Waals surface area contributed by atoms with E-state index >= 15 is 0 Å². The van der Waals surface area contributed by atoms with Crippen molar-refractivity contribution in [2.75, 3.05) is 6.79 Å². The van der Waals surface area contributed by atoms with Crippen LogP contribution in [0.3, 0.4) is 0 Å². The quantitative estimate of drug-likeness (QED) is 0.500. The largest absolute Gasteiger partial charge is 0.454 e. The lowest BCUT2D eigenvalue weighted by atomic mass is 9.93. The Hall–Kier alpha value is -3.14.